The summed E-state index contributed by atoms with van der Waals surface area (Å²) >= 11 is 6.47. The number of benzene rings is 1. The van der Waals surface area contributed by atoms with E-state index < -0.39 is 0 Å². The van der Waals surface area contributed by atoms with Crippen molar-refractivity contribution in [3.8, 4) is 11.5 Å². The lowest BCUT2D eigenvalue weighted by molar-refractivity contribution is 0.337. The van der Waals surface area contributed by atoms with Crippen molar-refractivity contribution in [1.82, 2.24) is 4.90 Å². The van der Waals surface area contributed by atoms with Crippen molar-refractivity contribution in [1.29, 1.82) is 0 Å². The standard InChI is InChI=1S/C14H20ClNO2/c1-17-13-6-5-11(9-14(13)18-2)12(15)10-16-7-3-4-8-16/h5-6,9,12H,3-4,7-8,10H2,1-2H3. The Morgan fingerprint density at radius 1 is 1.17 bits per heavy atom. The number of rotatable bonds is 5. The molecule has 1 atom stereocenters. The second kappa shape index (κ2) is 6.30. The van der Waals surface area contributed by atoms with Crippen LogP contribution in [0.25, 0.3) is 0 Å². The highest BCUT2D eigenvalue weighted by molar-refractivity contribution is 6.21. The number of halogens is 1. The van der Waals surface area contributed by atoms with Gasteiger partial charge in [-0.05, 0) is 43.6 Å². The predicted octanol–water partition coefficient (Wildman–Crippen LogP) is 3.08. The van der Waals surface area contributed by atoms with Crippen LogP contribution in [0.15, 0.2) is 18.2 Å². The van der Waals surface area contributed by atoms with Gasteiger partial charge in [0.2, 0.25) is 0 Å². The fourth-order valence-corrected chi connectivity index (χ4v) is 2.68. The van der Waals surface area contributed by atoms with Crippen molar-refractivity contribution < 1.29 is 9.47 Å². The average Bonchev–Trinajstić information content (AvgIpc) is 2.90. The van der Waals surface area contributed by atoms with Crippen LogP contribution < -0.4 is 9.47 Å². The van der Waals surface area contributed by atoms with E-state index in [1.165, 1.54) is 12.8 Å². The molecule has 0 bridgehead atoms. The van der Waals surface area contributed by atoms with Crippen molar-refractivity contribution >= 4 is 11.6 Å². The molecule has 0 aromatic heterocycles. The minimum Gasteiger partial charge on any atom is -0.493 e. The fourth-order valence-electron chi connectivity index (χ4n) is 2.34. The number of hydrogen-bond acceptors (Lipinski definition) is 3. The van der Waals surface area contributed by atoms with E-state index in [1.54, 1.807) is 14.2 Å². The lowest BCUT2D eigenvalue weighted by Crippen LogP contribution is -2.23. The van der Waals surface area contributed by atoms with Crippen LogP contribution in [-0.2, 0) is 0 Å². The maximum absolute atomic E-state index is 6.47. The first kappa shape index (κ1) is 13.5. The summed E-state index contributed by atoms with van der Waals surface area (Å²) in [6, 6.07) is 5.88. The molecular weight excluding hydrogens is 250 g/mol. The molecule has 1 heterocycles. The van der Waals surface area contributed by atoms with Gasteiger partial charge in [-0.1, -0.05) is 6.07 Å². The van der Waals surface area contributed by atoms with Crippen LogP contribution in [0.5, 0.6) is 11.5 Å². The van der Waals surface area contributed by atoms with Gasteiger partial charge in [-0.3, -0.25) is 0 Å². The number of likely N-dealkylation sites (tertiary alicyclic amines) is 1. The Morgan fingerprint density at radius 2 is 1.83 bits per heavy atom. The topological polar surface area (TPSA) is 21.7 Å². The summed E-state index contributed by atoms with van der Waals surface area (Å²) in [5.41, 5.74) is 1.08. The summed E-state index contributed by atoms with van der Waals surface area (Å²) in [6.07, 6.45) is 2.57. The molecule has 1 unspecified atom stereocenters. The predicted molar refractivity (Wildman–Crippen MR) is 73.8 cm³/mol. The van der Waals surface area contributed by atoms with Crippen LogP contribution in [-0.4, -0.2) is 38.8 Å². The molecule has 1 aromatic rings. The van der Waals surface area contributed by atoms with E-state index in [9.17, 15) is 0 Å². The lowest BCUT2D eigenvalue weighted by Gasteiger charge is -2.19. The molecule has 0 aliphatic carbocycles. The zero-order chi connectivity index (χ0) is 13.0. The largest absolute Gasteiger partial charge is 0.493 e. The maximum Gasteiger partial charge on any atom is 0.161 e. The molecule has 1 saturated heterocycles. The Balaban J connectivity index is 2.06. The van der Waals surface area contributed by atoms with E-state index in [-0.39, 0.29) is 5.38 Å². The van der Waals surface area contributed by atoms with Crippen molar-refractivity contribution in [3.63, 3.8) is 0 Å². The van der Waals surface area contributed by atoms with Gasteiger partial charge in [0.05, 0.1) is 19.6 Å². The van der Waals surface area contributed by atoms with Crippen LogP contribution in [0.2, 0.25) is 0 Å². The first-order valence-corrected chi connectivity index (χ1v) is 6.76. The molecular formula is C14H20ClNO2. The van der Waals surface area contributed by atoms with E-state index in [0.29, 0.717) is 0 Å². The van der Waals surface area contributed by atoms with Gasteiger partial charge in [-0.2, -0.15) is 0 Å². The van der Waals surface area contributed by atoms with Crippen LogP contribution in [0.3, 0.4) is 0 Å². The summed E-state index contributed by atoms with van der Waals surface area (Å²) in [5.74, 6) is 1.48. The van der Waals surface area contributed by atoms with Gasteiger partial charge in [-0.15, -0.1) is 11.6 Å². The molecule has 2 rings (SSSR count). The number of ether oxygens (including phenoxy) is 2. The lowest BCUT2D eigenvalue weighted by atomic mass is 10.1. The molecule has 0 saturated carbocycles. The molecule has 0 amide bonds. The van der Waals surface area contributed by atoms with Crippen LogP contribution in [0.4, 0.5) is 0 Å². The third-order valence-corrected chi connectivity index (χ3v) is 3.78. The molecule has 1 aliphatic heterocycles. The minimum atomic E-state index is 0.00269. The second-order valence-corrected chi connectivity index (χ2v) is 5.12. The van der Waals surface area contributed by atoms with Crippen LogP contribution in [0.1, 0.15) is 23.8 Å². The number of methoxy groups -OCH3 is 2. The Kier molecular flexibility index (Phi) is 4.72. The quantitative estimate of drug-likeness (QED) is 0.767. The molecule has 3 nitrogen and oxygen atoms in total. The Morgan fingerprint density at radius 3 is 2.44 bits per heavy atom. The van der Waals surface area contributed by atoms with E-state index in [0.717, 1.165) is 36.7 Å². The van der Waals surface area contributed by atoms with Crippen LogP contribution in [0, 0.1) is 0 Å². The Bertz CT molecular complexity index is 391. The number of nitrogens with zero attached hydrogens (tertiary/aromatic N) is 1. The molecule has 100 valence electrons. The zero-order valence-corrected chi connectivity index (χ0v) is 11.7. The third kappa shape index (κ3) is 3.09. The van der Waals surface area contributed by atoms with Crippen molar-refractivity contribution in [2.45, 2.75) is 18.2 Å². The van der Waals surface area contributed by atoms with E-state index in [2.05, 4.69) is 4.90 Å². The highest BCUT2D eigenvalue weighted by atomic mass is 35.5. The minimum absolute atomic E-state index is 0.00269. The number of hydrogen-bond donors (Lipinski definition) is 0. The molecule has 0 N–H and O–H groups in total. The summed E-state index contributed by atoms with van der Waals surface area (Å²) in [4.78, 5) is 2.41. The zero-order valence-electron chi connectivity index (χ0n) is 11.0. The Hall–Kier alpha value is -0.930. The maximum atomic E-state index is 6.47. The average molecular weight is 270 g/mol. The first-order valence-electron chi connectivity index (χ1n) is 6.33. The summed E-state index contributed by atoms with van der Waals surface area (Å²) < 4.78 is 10.5. The van der Waals surface area contributed by atoms with Gasteiger partial charge >= 0.3 is 0 Å². The van der Waals surface area contributed by atoms with Gasteiger partial charge < -0.3 is 14.4 Å². The molecule has 18 heavy (non-hydrogen) atoms. The van der Waals surface area contributed by atoms with Crippen molar-refractivity contribution in [2.75, 3.05) is 33.9 Å². The fraction of sp³-hybridized carbons (Fsp3) is 0.571. The normalized spacial score (nSPS) is 17.7. The SMILES string of the molecule is COc1ccc(C(Cl)CN2CCCC2)cc1OC. The highest BCUT2D eigenvalue weighted by Crippen LogP contribution is 2.32. The van der Waals surface area contributed by atoms with E-state index >= 15 is 0 Å². The molecule has 1 aliphatic rings. The molecule has 1 aromatic carbocycles. The van der Waals surface area contributed by atoms with Crippen molar-refractivity contribution in [3.05, 3.63) is 23.8 Å². The van der Waals surface area contributed by atoms with Crippen molar-refractivity contribution in [2.24, 2.45) is 0 Å². The first-order chi connectivity index (χ1) is 8.74. The van der Waals surface area contributed by atoms with E-state index in [1.807, 2.05) is 18.2 Å². The molecule has 4 heteroatoms. The molecule has 0 radical (unpaired) electrons. The smallest absolute Gasteiger partial charge is 0.161 e. The Labute approximate surface area is 114 Å². The van der Waals surface area contributed by atoms with Gasteiger partial charge in [0.25, 0.3) is 0 Å². The summed E-state index contributed by atoms with van der Waals surface area (Å²) in [6.45, 7) is 3.23. The molecule has 0 spiro atoms. The van der Waals surface area contributed by atoms with Gasteiger partial charge in [-0.25, -0.2) is 0 Å². The highest BCUT2D eigenvalue weighted by Gasteiger charge is 2.18. The molecule has 1 fully saturated rings. The van der Waals surface area contributed by atoms with Gasteiger partial charge in [0.15, 0.2) is 11.5 Å². The summed E-state index contributed by atoms with van der Waals surface area (Å²) in [5, 5.41) is 0.00269. The number of alkyl halides is 1. The van der Waals surface area contributed by atoms with E-state index in [4.69, 9.17) is 21.1 Å². The van der Waals surface area contributed by atoms with Crippen LogP contribution >= 0.6 is 11.6 Å². The summed E-state index contributed by atoms with van der Waals surface area (Å²) in [7, 11) is 3.28. The second-order valence-electron chi connectivity index (χ2n) is 4.59. The van der Waals surface area contributed by atoms with Gasteiger partial charge in [0, 0.05) is 6.54 Å². The monoisotopic (exact) mass is 269 g/mol. The van der Waals surface area contributed by atoms with Gasteiger partial charge in [0.1, 0.15) is 0 Å². The third-order valence-electron chi connectivity index (χ3n) is 3.39.